The van der Waals surface area contributed by atoms with Gasteiger partial charge in [0.05, 0.1) is 5.69 Å². The molecule has 0 amide bonds. The van der Waals surface area contributed by atoms with Crippen molar-refractivity contribution in [1.82, 2.24) is 20.0 Å². The van der Waals surface area contributed by atoms with Crippen LogP contribution in [-0.2, 0) is 13.6 Å². The maximum absolute atomic E-state index is 4.52. The van der Waals surface area contributed by atoms with Gasteiger partial charge in [0.25, 0.3) is 0 Å². The van der Waals surface area contributed by atoms with Gasteiger partial charge in [0.2, 0.25) is 0 Å². The molecule has 4 heteroatoms. The van der Waals surface area contributed by atoms with Crippen LogP contribution in [0.3, 0.4) is 0 Å². The molecule has 2 heterocycles. The van der Waals surface area contributed by atoms with Gasteiger partial charge in [0, 0.05) is 49.0 Å². The first-order valence-electron chi connectivity index (χ1n) is 7.10. The number of aryl methyl sites for hydroxylation is 2. The predicted octanol–water partition coefficient (Wildman–Crippen LogP) is 2.00. The fraction of sp³-hybridized carbons (Fsp3) is 0.800. The number of piperazine rings is 1. The monoisotopic (exact) mass is 264 g/mol. The molecule has 0 atom stereocenters. The van der Waals surface area contributed by atoms with Crippen LogP contribution < -0.4 is 5.32 Å². The Morgan fingerprint density at radius 2 is 1.63 bits per heavy atom. The molecule has 1 aromatic heterocycles. The molecule has 0 aromatic carbocycles. The topological polar surface area (TPSA) is 33.1 Å². The average molecular weight is 264 g/mol. The molecule has 1 fully saturated rings. The van der Waals surface area contributed by atoms with Crippen LogP contribution in [0, 0.1) is 13.8 Å². The normalized spacial score (nSPS) is 22.7. The fourth-order valence-corrected chi connectivity index (χ4v) is 3.55. The molecule has 0 unspecified atom stereocenters. The second-order valence-electron chi connectivity index (χ2n) is 7.31. The predicted molar refractivity (Wildman–Crippen MR) is 79.3 cm³/mol. The number of nitrogens with zero attached hydrogens (tertiary/aromatic N) is 3. The smallest absolute Gasteiger partial charge is 0.0641 e. The van der Waals surface area contributed by atoms with Gasteiger partial charge in [-0.25, -0.2) is 0 Å². The third-order valence-electron chi connectivity index (χ3n) is 3.96. The van der Waals surface area contributed by atoms with Crippen LogP contribution in [0.1, 0.15) is 44.6 Å². The SMILES string of the molecule is Cc1nn(C)c(C)c1CN1CC(C)(C)NC(C)(C)C1. The van der Waals surface area contributed by atoms with Crippen LogP contribution in [0.25, 0.3) is 0 Å². The van der Waals surface area contributed by atoms with Crippen molar-refractivity contribution in [2.45, 2.75) is 59.2 Å². The van der Waals surface area contributed by atoms with Gasteiger partial charge in [-0.1, -0.05) is 0 Å². The van der Waals surface area contributed by atoms with E-state index < -0.39 is 0 Å². The van der Waals surface area contributed by atoms with Crippen molar-refractivity contribution < 1.29 is 0 Å². The molecule has 0 saturated carbocycles. The van der Waals surface area contributed by atoms with Crippen molar-refractivity contribution in [2.24, 2.45) is 7.05 Å². The second kappa shape index (κ2) is 4.60. The van der Waals surface area contributed by atoms with Crippen LogP contribution in [0.15, 0.2) is 0 Å². The van der Waals surface area contributed by atoms with Crippen molar-refractivity contribution in [3.8, 4) is 0 Å². The van der Waals surface area contributed by atoms with E-state index in [1.807, 2.05) is 11.7 Å². The van der Waals surface area contributed by atoms with Crippen molar-refractivity contribution >= 4 is 0 Å². The van der Waals surface area contributed by atoms with Gasteiger partial charge >= 0.3 is 0 Å². The highest BCUT2D eigenvalue weighted by atomic mass is 15.3. The molecule has 0 aliphatic carbocycles. The van der Waals surface area contributed by atoms with E-state index in [4.69, 9.17) is 0 Å². The number of aromatic nitrogens is 2. The molecule has 4 nitrogen and oxygen atoms in total. The number of hydrogen-bond donors (Lipinski definition) is 1. The molecule has 1 saturated heterocycles. The molecule has 19 heavy (non-hydrogen) atoms. The lowest BCUT2D eigenvalue weighted by atomic mass is 9.91. The van der Waals surface area contributed by atoms with Crippen LogP contribution >= 0.6 is 0 Å². The van der Waals surface area contributed by atoms with E-state index >= 15 is 0 Å². The van der Waals surface area contributed by atoms with Crippen molar-refractivity contribution in [2.75, 3.05) is 13.1 Å². The lowest BCUT2D eigenvalue weighted by Gasteiger charge is -2.48. The average Bonchev–Trinajstić information content (AvgIpc) is 2.40. The summed E-state index contributed by atoms with van der Waals surface area (Å²) in [5, 5.41) is 8.24. The van der Waals surface area contributed by atoms with E-state index in [9.17, 15) is 0 Å². The summed E-state index contributed by atoms with van der Waals surface area (Å²) in [4.78, 5) is 2.55. The van der Waals surface area contributed by atoms with Crippen LogP contribution in [0.4, 0.5) is 0 Å². The molecular formula is C15H28N4. The summed E-state index contributed by atoms with van der Waals surface area (Å²) in [6.45, 7) is 16.5. The number of rotatable bonds is 2. The Hall–Kier alpha value is -0.870. The fourth-order valence-electron chi connectivity index (χ4n) is 3.55. The van der Waals surface area contributed by atoms with E-state index in [1.165, 1.54) is 11.3 Å². The first kappa shape index (κ1) is 14.5. The second-order valence-corrected chi connectivity index (χ2v) is 7.31. The molecule has 0 spiro atoms. The summed E-state index contributed by atoms with van der Waals surface area (Å²) in [7, 11) is 2.03. The van der Waals surface area contributed by atoms with Crippen molar-refractivity contribution in [3.05, 3.63) is 17.0 Å². The lowest BCUT2D eigenvalue weighted by Crippen LogP contribution is -2.66. The molecule has 1 N–H and O–H groups in total. The van der Waals surface area contributed by atoms with E-state index in [0.717, 1.165) is 25.3 Å². The summed E-state index contributed by atoms with van der Waals surface area (Å²) in [6.07, 6.45) is 0. The zero-order valence-electron chi connectivity index (χ0n) is 13.5. The maximum atomic E-state index is 4.52. The maximum Gasteiger partial charge on any atom is 0.0641 e. The minimum absolute atomic E-state index is 0.159. The van der Waals surface area contributed by atoms with Gasteiger partial charge in [0.1, 0.15) is 0 Å². The van der Waals surface area contributed by atoms with Crippen molar-refractivity contribution in [3.63, 3.8) is 0 Å². The third-order valence-corrected chi connectivity index (χ3v) is 3.96. The Morgan fingerprint density at radius 1 is 1.11 bits per heavy atom. The van der Waals surface area contributed by atoms with Crippen LogP contribution in [0.2, 0.25) is 0 Å². The van der Waals surface area contributed by atoms with Gasteiger partial charge in [-0.3, -0.25) is 9.58 Å². The summed E-state index contributed by atoms with van der Waals surface area (Å²) in [6, 6.07) is 0. The molecule has 2 rings (SSSR count). The molecule has 108 valence electrons. The van der Waals surface area contributed by atoms with E-state index in [0.29, 0.717) is 0 Å². The number of hydrogen-bond acceptors (Lipinski definition) is 3. The standard InChI is InChI=1S/C15H28N4/c1-11-13(12(2)18(7)16-11)8-19-9-14(3,4)17-15(5,6)10-19/h17H,8-10H2,1-7H3. The van der Waals surface area contributed by atoms with Gasteiger partial charge in [-0.15, -0.1) is 0 Å². The van der Waals surface area contributed by atoms with Gasteiger partial charge < -0.3 is 5.32 Å². The van der Waals surface area contributed by atoms with E-state index in [2.05, 4.69) is 56.9 Å². The highest BCUT2D eigenvalue weighted by Crippen LogP contribution is 2.24. The Labute approximate surface area is 117 Å². The van der Waals surface area contributed by atoms with Crippen LogP contribution in [0.5, 0.6) is 0 Å². The Balaban J connectivity index is 2.19. The quantitative estimate of drug-likeness (QED) is 0.887. The lowest BCUT2D eigenvalue weighted by molar-refractivity contribution is 0.0725. The highest BCUT2D eigenvalue weighted by molar-refractivity contribution is 5.24. The summed E-state index contributed by atoms with van der Waals surface area (Å²) >= 11 is 0. The first-order valence-corrected chi connectivity index (χ1v) is 7.10. The molecular weight excluding hydrogens is 236 g/mol. The first-order chi connectivity index (χ1) is 8.60. The number of nitrogens with one attached hydrogen (secondary N) is 1. The molecule has 0 radical (unpaired) electrons. The van der Waals surface area contributed by atoms with E-state index in [-0.39, 0.29) is 11.1 Å². The minimum atomic E-state index is 0.159. The summed E-state index contributed by atoms with van der Waals surface area (Å²) in [5.74, 6) is 0. The third kappa shape index (κ3) is 3.18. The Kier molecular flexibility index (Phi) is 3.52. The van der Waals surface area contributed by atoms with Gasteiger partial charge in [0.15, 0.2) is 0 Å². The van der Waals surface area contributed by atoms with Crippen LogP contribution in [-0.4, -0.2) is 38.8 Å². The minimum Gasteiger partial charge on any atom is -0.304 e. The van der Waals surface area contributed by atoms with Gasteiger partial charge in [-0.2, -0.15) is 5.10 Å². The highest BCUT2D eigenvalue weighted by Gasteiger charge is 2.36. The van der Waals surface area contributed by atoms with Crippen molar-refractivity contribution in [1.29, 1.82) is 0 Å². The Morgan fingerprint density at radius 3 is 2.05 bits per heavy atom. The summed E-state index contributed by atoms with van der Waals surface area (Å²) < 4.78 is 1.99. The zero-order valence-corrected chi connectivity index (χ0v) is 13.5. The molecule has 1 aliphatic heterocycles. The molecule has 0 bridgehead atoms. The molecule has 1 aromatic rings. The zero-order chi connectivity index (χ0) is 14.4. The summed E-state index contributed by atoms with van der Waals surface area (Å²) in [5.41, 5.74) is 4.15. The van der Waals surface area contributed by atoms with E-state index in [1.54, 1.807) is 0 Å². The largest absolute Gasteiger partial charge is 0.304 e. The Bertz CT molecular complexity index is 455. The van der Waals surface area contributed by atoms with Gasteiger partial charge in [-0.05, 0) is 41.5 Å². The molecule has 1 aliphatic rings.